The zero-order valence-corrected chi connectivity index (χ0v) is 17.7. The molecule has 0 unspecified atom stereocenters. The zero-order valence-electron chi connectivity index (χ0n) is 15.2. The number of carbonyl (C=O) groups is 1. The number of aromatic nitrogens is 1. The highest BCUT2D eigenvalue weighted by atomic mass is 32.2. The largest absolute Gasteiger partial charge is 0.316 e. The van der Waals surface area contributed by atoms with E-state index in [1.54, 1.807) is 35.7 Å². The van der Waals surface area contributed by atoms with Crippen molar-refractivity contribution in [2.45, 2.75) is 17.9 Å². The van der Waals surface area contributed by atoms with Gasteiger partial charge in [0.2, 0.25) is 5.91 Å². The molecule has 1 amide bonds. The number of rotatable bonds is 8. The van der Waals surface area contributed by atoms with Gasteiger partial charge in [-0.2, -0.15) is 16.8 Å². The molecule has 3 aromatic rings. The van der Waals surface area contributed by atoms with Crippen LogP contribution in [-0.2, 0) is 11.3 Å². The maximum absolute atomic E-state index is 12.4. The Bertz CT molecular complexity index is 1040. The molecule has 6 nitrogen and oxygen atoms in total. The van der Waals surface area contributed by atoms with Gasteiger partial charge in [0.1, 0.15) is 0 Å². The second-order valence-corrected chi connectivity index (χ2v) is 9.02. The van der Waals surface area contributed by atoms with Gasteiger partial charge in [-0.15, -0.1) is 11.8 Å². The molecular weight excluding hydrogens is 414 g/mol. The molecule has 9 heteroatoms. The molecule has 2 aromatic carbocycles. The van der Waals surface area contributed by atoms with Gasteiger partial charge >= 0.3 is 0 Å². The van der Waals surface area contributed by atoms with Crippen LogP contribution in [0.15, 0.2) is 58.4 Å². The Morgan fingerprint density at radius 1 is 1.21 bits per heavy atom. The number of aryl methyl sites for hydroxylation is 1. The number of hydrogen-bond acceptors (Lipinski definition) is 6. The Balaban J connectivity index is 1.82. The molecule has 0 N–H and O–H groups in total. The predicted molar refractivity (Wildman–Crippen MR) is 117 cm³/mol. The quantitative estimate of drug-likeness (QED) is 0.295. The van der Waals surface area contributed by atoms with E-state index in [9.17, 15) is 14.9 Å². The lowest BCUT2D eigenvalue weighted by Crippen LogP contribution is -2.18. The SMILES string of the molecule is CSCCn1c(=NC(=O)CCSc2ccccc2)sc2cc([N+](=O)[O-])ccc21. The molecule has 0 spiro atoms. The van der Waals surface area contributed by atoms with E-state index in [1.165, 1.54) is 17.4 Å². The lowest BCUT2D eigenvalue weighted by molar-refractivity contribution is -0.384. The zero-order chi connectivity index (χ0) is 19.9. The minimum Gasteiger partial charge on any atom is -0.316 e. The fourth-order valence-corrected chi connectivity index (χ4v) is 4.93. The minimum absolute atomic E-state index is 0.0444. The van der Waals surface area contributed by atoms with E-state index in [-0.39, 0.29) is 11.6 Å². The first-order chi connectivity index (χ1) is 13.6. The summed E-state index contributed by atoms with van der Waals surface area (Å²) in [6.07, 6.45) is 2.36. The van der Waals surface area contributed by atoms with E-state index < -0.39 is 4.92 Å². The Morgan fingerprint density at radius 2 is 2.00 bits per heavy atom. The number of benzene rings is 2. The molecule has 1 heterocycles. The second-order valence-electron chi connectivity index (χ2n) is 5.86. The number of thioether (sulfide) groups is 2. The number of non-ortho nitro benzene ring substituents is 1. The van der Waals surface area contributed by atoms with Gasteiger partial charge in [-0.3, -0.25) is 14.9 Å². The van der Waals surface area contributed by atoms with E-state index in [2.05, 4.69) is 4.99 Å². The third-order valence-corrected chi connectivity index (χ3v) is 6.59. The van der Waals surface area contributed by atoms with Gasteiger partial charge in [0.15, 0.2) is 4.80 Å². The molecule has 0 saturated heterocycles. The molecule has 0 saturated carbocycles. The maximum Gasteiger partial charge on any atom is 0.270 e. The Labute approximate surface area is 174 Å². The Hall–Kier alpha value is -2.10. The molecule has 0 fully saturated rings. The number of nitro groups is 1. The van der Waals surface area contributed by atoms with Crippen molar-refractivity contribution in [3.05, 3.63) is 63.4 Å². The van der Waals surface area contributed by atoms with E-state index in [1.807, 2.05) is 41.2 Å². The van der Waals surface area contributed by atoms with E-state index in [0.717, 1.165) is 20.9 Å². The van der Waals surface area contributed by atoms with Crippen molar-refractivity contribution in [1.29, 1.82) is 0 Å². The summed E-state index contributed by atoms with van der Waals surface area (Å²) in [6.45, 7) is 0.698. The summed E-state index contributed by atoms with van der Waals surface area (Å²) >= 11 is 4.65. The van der Waals surface area contributed by atoms with Crippen LogP contribution >= 0.6 is 34.9 Å². The van der Waals surface area contributed by atoms with Crippen LogP contribution in [0, 0.1) is 10.1 Å². The van der Waals surface area contributed by atoms with E-state index >= 15 is 0 Å². The molecular formula is C19H19N3O3S3. The van der Waals surface area contributed by atoms with Crippen molar-refractivity contribution in [2.24, 2.45) is 4.99 Å². The van der Waals surface area contributed by atoms with Gasteiger partial charge in [-0.1, -0.05) is 29.5 Å². The first-order valence-corrected chi connectivity index (χ1v) is 11.8. The molecule has 1 aromatic heterocycles. The van der Waals surface area contributed by atoms with Crippen LogP contribution in [0.25, 0.3) is 10.2 Å². The van der Waals surface area contributed by atoms with Crippen LogP contribution < -0.4 is 4.80 Å². The van der Waals surface area contributed by atoms with Gasteiger partial charge in [0.05, 0.1) is 15.1 Å². The average molecular weight is 434 g/mol. The van der Waals surface area contributed by atoms with Crippen LogP contribution in [0.1, 0.15) is 6.42 Å². The lowest BCUT2D eigenvalue weighted by atomic mass is 10.3. The van der Waals surface area contributed by atoms with Crippen LogP contribution in [-0.4, -0.2) is 33.2 Å². The molecule has 3 rings (SSSR count). The van der Waals surface area contributed by atoms with Gasteiger partial charge in [0.25, 0.3) is 5.69 Å². The highest BCUT2D eigenvalue weighted by molar-refractivity contribution is 7.99. The van der Waals surface area contributed by atoms with Crippen LogP contribution in [0.5, 0.6) is 0 Å². The first kappa shape index (κ1) is 20.6. The molecule has 28 heavy (non-hydrogen) atoms. The van der Waals surface area contributed by atoms with Crippen molar-refractivity contribution in [3.8, 4) is 0 Å². The fraction of sp³-hybridized carbons (Fsp3) is 0.263. The smallest absolute Gasteiger partial charge is 0.270 e. The summed E-state index contributed by atoms with van der Waals surface area (Å²) in [7, 11) is 0. The standard InChI is InChI=1S/C19H19N3O3S3/c1-26-12-10-21-16-8-7-14(22(24)25)13-17(16)28-19(21)20-18(23)9-11-27-15-5-3-2-4-6-15/h2-8,13H,9-12H2,1H3. The maximum atomic E-state index is 12.4. The number of nitro benzene ring substituents is 1. The third-order valence-electron chi connectivity index (χ3n) is 3.94. The molecule has 0 aliphatic heterocycles. The monoisotopic (exact) mass is 433 g/mol. The molecule has 0 atom stereocenters. The van der Waals surface area contributed by atoms with Gasteiger partial charge in [-0.25, -0.2) is 0 Å². The van der Waals surface area contributed by atoms with Gasteiger partial charge < -0.3 is 4.57 Å². The van der Waals surface area contributed by atoms with Crippen LogP contribution in [0.3, 0.4) is 0 Å². The fourth-order valence-electron chi connectivity index (χ4n) is 2.59. The summed E-state index contributed by atoms with van der Waals surface area (Å²) in [5.41, 5.74) is 0.915. The van der Waals surface area contributed by atoms with Crippen LogP contribution in [0.2, 0.25) is 0 Å². The first-order valence-electron chi connectivity index (χ1n) is 8.60. The minimum atomic E-state index is -0.409. The van der Waals surface area contributed by atoms with Crippen molar-refractivity contribution in [2.75, 3.05) is 17.8 Å². The molecule has 0 aliphatic carbocycles. The predicted octanol–water partition coefficient (Wildman–Crippen LogP) is 4.58. The molecule has 0 radical (unpaired) electrons. The number of thiazole rings is 1. The molecule has 146 valence electrons. The lowest BCUT2D eigenvalue weighted by Gasteiger charge is -2.03. The van der Waals surface area contributed by atoms with Gasteiger partial charge in [-0.05, 0) is 24.5 Å². The van der Waals surface area contributed by atoms with Crippen LogP contribution in [0.4, 0.5) is 5.69 Å². The van der Waals surface area contributed by atoms with Crippen molar-refractivity contribution >= 4 is 56.7 Å². The number of carbonyl (C=O) groups excluding carboxylic acids is 1. The average Bonchev–Trinajstić information content (AvgIpc) is 3.03. The van der Waals surface area contributed by atoms with Gasteiger partial charge in [0, 0.05) is 41.5 Å². The summed E-state index contributed by atoms with van der Waals surface area (Å²) < 4.78 is 2.74. The van der Waals surface area contributed by atoms with E-state index in [4.69, 9.17) is 0 Å². The normalized spacial score (nSPS) is 11.8. The summed E-state index contributed by atoms with van der Waals surface area (Å²) in [5.74, 6) is 1.35. The third kappa shape index (κ3) is 5.24. The topological polar surface area (TPSA) is 77.5 Å². The summed E-state index contributed by atoms with van der Waals surface area (Å²) in [5, 5.41) is 11.0. The highest BCUT2D eigenvalue weighted by Gasteiger charge is 2.12. The second kappa shape index (κ2) is 9.90. The van der Waals surface area contributed by atoms with E-state index in [0.29, 0.717) is 23.5 Å². The van der Waals surface area contributed by atoms with Crippen molar-refractivity contribution < 1.29 is 9.72 Å². The number of nitrogens with zero attached hydrogens (tertiary/aromatic N) is 3. The summed E-state index contributed by atoms with van der Waals surface area (Å²) in [6, 6.07) is 14.7. The number of amides is 1. The van der Waals surface area contributed by atoms with Crippen molar-refractivity contribution in [1.82, 2.24) is 4.57 Å². The Morgan fingerprint density at radius 3 is 2.71 bits per heavy atom. The number of fused-ring (bicyclic) bond motifs is 1. The summed E-state index contributed by atoms with van der Waals surface area (Å²) in [4.78, 5) is 29.0. The highest BCUT2D eigenvalue weighted by Crippen LogP contribution is 2.23. The molecule has 0 bridgehead atoms. The van der Waals surface area contributed by atoms with Crippen molar-refractivity contribution in [3.63, 3.8) is 0 Å². The number of hydrogen-bond donors (Lipinski definition) is 0. The Kier molecular flexibility index (Phi) is 7.30. The molecule has 0 aliphatic rings.